The Morgan fingerprint density at radius 1 is 1.44 bits per heavy atom. The summed E-state index contributed by atoms with van der Waals surface area (Å²) in [4.78, 5) is 11.4. The summed E-state index contributed by atoms with van der Waals surface area (Å²) >= 11 is 0. The van der Waals surface area contributed by atoms with Crippen LogP contribution in [0.1, 0.15) is 31.2 Å². The number of amides is 1. The number of benzene rings is 1. The van der Waals surface area contributed by atoms with E-state index in [4.69, 9.17) is 5.73 Å². The van der Waals surface area contributed by atoms with Gasteiger partial charge in [0.15, 0.2) is 0 Å². The molecule has 1 aliphatic rings. The Hall–Kier alpha value is -1.71. The molecular formula is C14H21N3O. The lowest BCUT2D eigenvalue weighted by atomic mass is 10.2. The van der Waals surface area contributed by atoms with Gasteiger partial charge in [0.05, 0.1) is 0 Å². The zero-order valence-electron chi connectivity index (χ0n) is 10.8. The van der Waals surface area contributed by atoms with Crippen molar-refractivity contribution in [2.45, 2.75) is 38.6 Å². The Morgan fingerprint density at radius 2 is 2.22 bits per heavy atom. The fourth-order valence-electron chi connectivity index (χ4n) is 1.79. The molecule has 0 saturated heterocycles. The first-order chi connectivity index (χ1) is 8.65. The second-order valence-corrected chi connectivity index (χ2v) is 4.94. The molecule has 2 rings (SSSR count). The van der Waals surface area contributed by atoms with Gasteiger partial charge in [0.1, 0.15) is 0 Å². The molecule has 1 aromatic rings. The zero-order chi connectivity index (χ0) is 13.0. The van der Waals surface area contributed by atoms with Crippen molar-refractivity contribution in [3.8, 4) is 0 Å². The lowest BCUT2D eigenvalue weighted by Crippen LogP contribution is -2.25. The molecule has 0 aliphatic heterocycles. The molecule has 1 aliphatic carbocycles. The fourth-order valence-corrected chi connectivity index (χ4v) is 1.79. The molecule has 4 N–H and O–H groups in total. The number of rotatable bonds is 6. The summed E-state index contributed by atoms with van der Waals surface area (Å²) < 4.78 is 0. The topological polar surface area (TPSA) is 67.2 Å². The summed E-state index contributed by atoms with van der Waals surface area (Å²) in [6, 6.07) is 6.36. The summed E-state index contributed by atoms with van der Waals surface area (Å²) in [5, 5.41) is 6.29. The fraction of sp³-hybridized carbons (Fsp3) is 0.500. The van der Waals surface area contributed by atoms with Crippen LogP contribution in [0.3, 0.4) is 0 Å². The van der Waals surface area contributed by atoms with Gasteiger partial charge in [-0.25, -0.2) is 0 Å². The van der Waals surface area contributed by atoms with E-state index in [0.29, 0.717) is 12.5 Å². The van der Waals surface area contributed by atoms with Crippen LogP contribution in [-0.4, -0.2) is 18.5 Å². The van der Waals surface area contributed by atoms with E-state index in [-0.39, 0.29) is 5.91 Å². The van der Waals surface area contributed by atoms with Crippen LogP contribution < -0.4 is 16.4 Å². The van der Waals surface area contributed by atoms with Gasteiger partial charge in [-0.05, 0) is 49.9 Å². The third-order valence-electron chi connectivity index (χ3n) is 3.12. The summed E-state index contributed by atoms with van der Waals surface area (Å²) in [5.41, 5.74) is 8.70. The minimum Gasteiger partial charge on any atom is -0.399 e. The highest BCUT2D eigenvalue weighted by molar-refractivity contribution is 5.76. The molecule has 0 heterocycles. The van der Waals surface area contributed by atoms with E-state index >= 15 is 0 Å². The molecule has 0 radical (unpaired) electrons. The number of carbonyl (C=O) groups excluding carboxylic acids is 1. The molecular weight excluding hydrogens is 226 g/mol. The summed E-state index contributed by atoms with van der Waals surface area (Å²) in [5.74, 6) is 0.174. The molecule has 4 heteroatoms. The molecule has 1 aromatic carbocycles. The molecule has 0 aromatic heterocycles. The average molecular weight is 247 g/mol. The summed E-state index contributed by atoms with van der Waals surface area (Å²) in [7, 11) is 0. The van der Waals surface area contributed by atoms with Crippen LogP contribution >= 0.6 is 0 Å². The molecule has 98 valence electrons. The number of carbonyl (C=O) groups is 1. The van der Waals surface area contributed by atoms with Gasteiger partial charge in [-0.3, -0.25) is 4.79 Å². The molecule has 1 saturated carbocycles. The van der Waals surface area contributed by atoms with Crippen molar-refractivity contribution in [1.29, 1.82) is 0 Å². The van der Waals surface area contributed by atoms with Gasteiger partial charge < -0.3 is 16.4 Å². The van der Waals surface area contributed by atoms with E-state index in [2.05, 4.69) is 10.6 Å². The molecule has 18 heavy (non-hydrogen) atoms. The van der Waals surface area contributed by atoms with Crippen LogP contribution in [0.2, 0.25) is 0 Å². The van der Waals surface area contributed by atoms with Gasteiger partial charge in [-0.2, -0.15) is 0 Å². The molecule has 0 atom stereocenters. The third kappa shape index (κ3) is 3.95. The molecule has 1 amide bonds. The quantitative estimate of drug-likeness (QED) is 0.532. The van der Waals surface area contributed by atoms with Crippen molar-refractivity contribution in [3.63, 3.8) is 0 Å². The average Bonchev–Trinajstić information content (AvgIpc) is 3.13. The van der Waals surface area contributed by atoms with E-state index in [9.17, 15) is 4.79 Å². The largest absolute Gasteiger partial charge is 0.399 e. The highest BCUT2D eigenvalue weighted by atomic mass is 16.1. The normalized spacial score (nSPS) is 14.3. The Labute approximate surface area is 108 Å². The first kappa shape index (κ1) is 12.7. The van der Waals surface area contributed by atoms with Crippen molar-refractivity contribution >= 4 is 17.3 Å². The molecule has 0 unspecified atom stereocenters. The second kappa shape index (κ2) is 5.76. The number of anilines is 2. The van der Waals surface area contributed by atoms with Gasteiger partial charge in [0.25, 0.3) is 0 Å². The van der Waals surface area contributed by atoms with Crippen LogP contribution in [-0.2, 0) is 4.79 Å². The van der Waals surface area contributed by atoms with Crippen LogP contribution in [0.5, 0.6) is 0 Å². The molecule has 1 fully saturated rings. The van der Waals surface area contributed by atoms with Crippen LogP contribution in [0.25, 0.3) is 0 Å². The Bertz CT molecular complexity index is 427. The molecule has 4 nitrogen and oxygen atoms in total. The first-order valence-corrected chi connectivity index (χ1v) is 6.54. The summed E-state index contributed by atoms with van der Waals surface area (Å²) in [6.45, 7) is 2.80. The number of hydrogen-bond acceptors (Lipinski definition) is 3. The van der Waals surface area contributed by atoms with Crippen molar-refractivity contribution in [2.24, 2.45) is 0 Å². The van der Waals surface area contributed by atoms with E-state index < -0.39 is 0 Å². The Kier molecular flexibility index (Phi) is 4.07. The minimum atomic E-state index is 0.174. The predicted molar refractivity (Wildman–Crippen MR) is 74.5 cm³/mol. The number of nitrogen functional groups attached to an aromatic ring is 1. The monoisotopic (exact) mass is 247 g/mol. The lowest BCUT2D eigenvalue weighted by molar-refractivity contribution is -0.121. The highest BCUT2D eigenvalue weighted by Gasteiger charge is 2.22. The maximum atomic E-state index is 11.4. The Balaban J connectivity index is 1.64. The predicted octanol–water partition coefficient (Wildman–Crippen LogP) is 2.05. The summed E-state index contributed by atoms with van der Waals surface area (Å²) in [6.07, 6.45) is 3.74. The van der Waals surface area contributed by atoms with Gasteiger partial charge >= 0.3 is 0 Å². The van der Waals surface area contributed by atoms with Crippen molar-refractivity contribution < 1.29 is 4.79 Å². The van der Waals surface area contributed by atoms with E-state index in [1.54, 1.807) is 0 Å². The van der Waals surface area contributed by atoms with Crippen molar-refractivity contribution in [3.05, 3.63) is 23.8 Å². The van der Waals surface area contributed by atoms with Crippen LogP contribution in [0, 0.1) is 6.92 Å². The van der Waals surface area contributed by atoms with E-state index in [1.165, 1.54) is 0 Å². The number of aryl methyl sites for hydroxylation is 1. The lowest BCUT2D eigenvalue weighted by Gasteiger charge is -2.08. The smallest absolute Gasteiger partial charge is 0.220 e. The van der Waals surface area contributed by atoms with Crippen molar-refractivity contribution in [2.75, 3.05) is 17.6 Å². The highest BCUT2D eigenvalue weighted by Crippen LogP contribution is 2.19. The van der Waals surface area contributed by atoms with Crippen LogP contribution in [0.15, 0.2) is 18.2 Å². The maximum Gasteiger partial charge on any atom is 0.220 e. The number of hydrogen-bond donors (Lipinski definition) is 3. The number of nitrogens with one attached hydrogen (secondary N) is 2. The van der Waals surface area contributed by atoms with Crippen LogP contribution in [0.4, 0.5) is 11.4 Å². The SMILES string of the molecule is Cc1cc(NCCCC(=O)NC2CC2)ccc1N. The third-order valence-corrected chi connectivity index (χ3v) is 3.12. The number of nitrogens with two attached hydrogens (primary N) is 1. The van der Waals surface area contributed by atoms with E-state index in [0.717, 1.165) is 42.7 Å². The standard InChI is InChI=1S/C14H21N3O/c1-10-9-12(6-7-13(10)15)16-8-2-3-14(18)17-11-4-5-11/h6-7,9,11,16H,2-5,8,15H2,1H3,(H,17,18). The van der Waals surface area contributed by atoms with Gasteiger partial charge in [-0.1, -0.05) is 0 Å². The molecule has 0 bridgehead atoms. The zero-order valence-corrected chi connectivity index (χ0v) is 10.8. The molecule has 0 spiro atoms. The first-order valence-electron chi connectivity index (χ1n) is 6.54. The van der Waals surface area contributed by atoms with Gasteiger partial charge in [0.2, 0.25) is 5.91 Å². The van der Waals surface area contributed by atoms with Gasteiger partial charge in [-0.15, -0.1) is 0 Å². The Morgan fingerprint density at radius 3 is 2.89 bits per heavy atom. The maximum absolute atomic E-state index is 11.4. The van der Waals surface area contributed by atoms with Crippen molar-refractivity contribution in [1.82, 2.24) is 5.32 Å². The van der Waals surface area contributed by atoms with Gasteiger partial charge in [0, 0.05) is 30.4 Å². The second-order valence-electron chi connectivity index (χ2n) is 4.94. The van der Waals surface area contributed by atoms with E-state index in [1.807, 2.05) is 25.1 Å². The minimum absolute atomic E-state index is 0.174.